The van der Waals surface area contributed by atoms with Gasteiger partial charge in [0.25, 0.3) is 5.91 Å². The van der Waals surface area contributed by atoms with E-state index in [1.165, 1.54) is 0 Å². The molecule has 4 nitrogen and oxygen atoms in total. The number of hydrogen-bond donors (Lipinski definition) is 0. The average molecular weight is 253 g/mol. The van der Waals surface area contributed by atoms with E-state index >= 15 is 0 Å². The summed E-state index contributed by atoms with van der Waals surface area (Å²) >= 11 is 0. The van der Waals surface area contributed by atoms with E-state index in [0.717, 1.165) is 0 Å². The maximum absolute atomic E-state index is 12.1. The van der Waals surface area contributed by atoms with Gasteiger partial charge in [-0.3, -0.25) is 4.79 Å². The van der Waals surface area contributed by atoms with Gasteiger partial charge in [-0.05, 0) is 18.6 Å². The zero-order chi connectivity index (χ0) is 12.5. The minimum Gasteiger partial charge on any atom is -0.338 e. The van der Waals surface area contributed by atoms with Crippen molar-refractivity contribution in [1.29, 1.82) is 0 Å². The Morgan fingerprint density at radius 2 is 1.94 bits per heavy atom. The molecule has 0 spiro atoms. The van der Waals surface area contributed by atoms with Gasteiger partial charge in [-0.2, -0.15) is 0 Å². The number of nitrogens with zero attached hydrogens (tertiary/aromatic N) is 1. The van der Waals surface area contributed by atoms with Crippen molar-refractivity contribution in [1.82, 2.24) is 4.90 Å². The molecule has 0 radical (unpaired) electrons. The van der Waals surface area contributed by atoms with Gasteiger partial charge in [0.15, 0.2) is 9.84 Å². The van der Waals surface area contributed by atoms with Crippen LogP contribution < -0.4 is 0 Å². The van der Waals surface area contributed by atoms with Crippen molar-refractivity contribution in [2.45, 2.75) is 12.5 Å². The first kappa shape index (κ1) is 12.1. The fraction of sp³-hybridized carbons (Fsp3) is 0.417. The van der Waals surface area contributed by atoms with Crippen LogP contribution in [-0.4, -0.2) is 43.8 Å². The van der Waals surface area contributed by atoms with Crippen molar-refractivity contribution in [2.75, 3.05) is 18.6 Å². The minimum absolute atomic E-state index is 0.0854. The Labute approximate surface area is 101 Å². The largest absolute Gasteiger partial charge is 0.338 e. The number of rotatable bonds is 2. The van der Waals surface area contributed by atoms with Crippen LogP contribution >= 0.6 is 0 Å². The second-order valence-corrected chi connectivity index (χ2v) is 6.57. The lowest BCUT2D eigenvalue weighted by molar-refractivity contribution is 0.0747. The van der Waals surface area contributed by atoms with Crippen molar-refractivity contribution < 1.29 is 13.2 Å². The van der Waals surface area contributed by atoms with E-state index in [2.05, 4.69) is 0 Å². The number of carbonyl (C=O) groups excluding carboxylic acids is 1. The van der Waals surface area contributed by atoms with Crippen molar-refractivity contribution in [2.24, 2.45) is 0 Å². The van der Waals surface area contributed by atoms with Gasteiger partial charge in [0.05, 0.1) is 11.5 Å². The number of amides is 1. The van der Waals surface area contributed by atoms with Crippen LogP contribution in [0.5, 0.6) is 0 Å². The third-order valence-electron chi connectivity index (χ3n) is 3.10. The van der Waals surface area contributed by atoms with Crippen molar-refractivity contribution in [3.63, 3.8) is 0 Å². The van der Waals surface area contributed by atoms with Crippen molar-refractivity contribution >= 4 is 15.7 Å². The Morgan fingerprint density at radius 1 is 1.29 bits per heavy atom. The number of carbonyl (C=O) groups is 1. The molecule has 0 bridgehead atoms. The molecule has 1 saturated heterocycles. The first-order valence-electron chi connectivity index (χ1n) is 5.52. The highest BCUT2D eigenvalue weighted by molar-refractivity contribution is 7.91. The first-order valence-corrected chi connectivity index (χ1v) is 7.34. The van der Waals surface area contributed by atoms with E-state index in [0.29, 0.717) is 12.0 Å². The lowest BCUT2D eigenvalue weighted by Gasteiger charge is -2.23. The van der Waals surface area contributed by atoms with Gasteiger partial charge in [0, 0.05) is 18.7 Å². The van der Waals surface area contributed by atoms with Crippen LogP contribution in [-0.2, 0) is 9.84 Å². The summed E-state index contributed by atoms with van der Waals surface area (Å²) in [7, 11) is -1.28. The molecular weight excluding hydrogens is 238 g/mol. The van der Waals surface area contributed by atoms with Gasteiger partial charge < -0.3 is 4.90 Å². The SMILES string of the molecule is CN(C(=O)c1ccccc1)C1CCS(=O)(=O)C1. The summed E-state index contributed by atoms with van der Waals surface area (Å²) in [4.78, 5) is 13.6. The zero-order valence-corrected chi connectivity index (χ0v) is 10.5. The summed E-state index contributed by atoms with van der Waals surface area (Å²) in [5.74, 6) is 0.152. The molecule has 1 aliphatic rings. The van der Waals surface area contributed by atoms with E-state index in [4.69, 9.17) is 0 Å². The molecule has 2 rings (SSSR count). The third kappa shape index (κ3) is 2.66. The van der Waals surface area contributed by atoms with Crippen molar-refractivity contribution in [3.8, 4) is 0 Å². The van der Waals surface area contributed by atoms with E-state index in [1.807, 2.05) is 6.07 Å². The second-order valence-electron chi connectivity index (χ2n) is 4.34. The molecule has 1 atom stereocenters. The number of hydrogen-bond acceptors (Lipinski definition) is 3. The third-order valence-corrected chi connectivity index (χ3v) is 4.85. The van der Waals surface area contributed by atoms with Gasteiger partial charge >= 0.3 is 0 Å². The molecule has 17 heavy (non-hydrogen) atoms. The maximum atomic E-state index is 12.1. The standard InChI is InChI=1S/C12H15NO3S/c1-13(11-7-8-17(15,16)9-11)12(14)10-5-3-2-4-6-10/h2-6,11H,7-9H2,1H3. The van der Waals surface area contributed by atoms with Crippen molar-refractivity contribution in [3.05, 3.63) is 35.9 Å². The summed E-state index contributed by atoms with van der Waals surface area (Å²) in [6, 6.07) is 8.73. The predicted octanol–water partition coefficient (Wildman–Crippen LogP) is 0.946. The molecule has 0 aromatic heterocycles. The van der Waals surface area contributed by atoms with Crippen LogP contribution in [0.3, 0.4) is 0 Å². The fourth-order valence-electron chi connectivity index (χ4n) is 2.03. The van der Waals surface area contributed by atoms with Crippen LogP contribution in [0.2, 0.25) is 0 Å². The maximum Gasteiger partial charge on any atom is 0.253 e. The molecule has 0 aliphatic carbocycles. The molecule has 1 aromatic carbocycles. The van der Waals surface area contributed by atoms with Gasteiger partial charge in [-0.15, -0.1) is 0 Å². The Balaban J connectivity index is 2.11. The molecule has 5 heteroatoms. The first-order chi connectivity index (χ1) is 7.99. The summed E-state index contributed by atoms with van der Waals surface area (Å²) in [5, 5.41) is 0. The summed E-state index contributed by atoms with van der Waals surface area (Å²) in [5.41, 5.74) is 0.597. The van der Waals surface area contributed by atoms with E-state index < -0.39 is 9.84 Å². The molecule has 1 unspecified atom stereocenters. The molecule has 92 valence electrons. The van der Waals surface area contributed by atoms with E-state index in [1.54, 1.807) is 36.2 Å². The van der Waals surface area contributed by atoms with Crippen LogP contribution in [0.1, 0.15) is 16.8 Å². The highest BCUT2D eigenvalue weighted by Crippen LogP contribution is 2.18. The summed E-state index contributed by atoms with van der Waals surface area (Å²) in [6.45, 7) is 0. The summed E-state index contributed by atoms with van der Waals surface area (Å²) < 4.78 is 22.7. The summed E-state index contributed by atoms with van der Waals surface area (Å²) in [6.07, 6.45) is 0.539. The molecule has 1 heterocycles. The van der Waals surface area contributed by atoms with Gasteiger partial charge in [-0.25, -0.2) is 8.42 Å². The zero-order valence-electron chi connectivity index (χ0n) is 9.67. The second kappa shape index (κ2) is 4.49. The predicted molar refractivity (Wildman–Crippen MR) is 65.6 cm³/mol. The minimum atomic E-state index is -2.95. The highest BCUT2D eigenvalue weighted by atomic mass is 32.2. The van der Waals surface area contributed by atoms with E-state index in [9.17, 15) is 13.2 Å². The Morgan fingerprint density at radius 3 is 2.47 bits per heavy atom. The molecule has 1 amide bonds. The number of sulfone groups is 1. The monoisotopic (exact) mass is 253 g/mol. The van der Waals surface area contributed by atoms with Crippen LogP contribution in [0.25, 0.3) is 0 Å². The van der Waals surface area contributed by atoms with Gasteiger partial charge in [0.2, 0.25) is 0 Å². The molecule has 0 N–H and O–H groups in total. The van der Waals surface area contributed by atoms with Gasteiger partial charge in [-0.1, -0.05) is 18.2 Å². The quantitative estimate of drug-likeness (QED) is 0.788. The Hall–Kier alpha value is -1.36. The fourth-order valence-corrected chi connectivity index (χ4v) is 3.81. The molecule has 1 aliphatic heterocycles. The smallest absolute Gasteiger partial charge is 0.253 e. The molecule has 1 aromatic rings. The van der Waals surface area contributed by atoms with Crippen LogP contribution in [0.15, 0.2) is 30.3 Å². The Kier molecular flexibility index (Phi) is 3.19. The van der Waals surface area contributed by atoms with E-state index in [-0.39, 0.29) is 23.5 Å². The van der Waals surface area contributed by atoms with Gasteiger partial charge in [0.1, 0.15) is 0 Å². The lowest BCUT2D eigenvalue weighted by Crippen LogP contribution is -2.37. The lowest BCUT2D eigenvalue weighted by atomic mass is 10.1. The molecule has 1 fully saturated rings. The molecular formula is C12H15NO3S. The van der Waals surface area contributed by atoms with Crippen LogP contribution in [0.4, 0.5) is 0 Å². The number of benzene rings is 1. The normalized spacial score (nSPS) is 22.3. The topological polar surface area (TPSA) is 54.5 Å². The molecule has 0 saturated carbocycles. The van der Waals surface area contributed by atoms with Crippen LogP contribution in [0, 0.1) is 0 Å². The average Bonchev–Trinajstić information content (AvgIpc) is 2.69. The highest BCUT2D eigenvalue weighted by Gasteiger charge is 2.32. The Bertz CT molecular complexity index is 510.